The van der Waals surface area contributed by atoms with Crippen molar-refractivity contribution in [2.45, 2.75) is 19.8 Å². The van der Waals surface area contributed by atoms with Gasteiger partial charge in [-0.25, -0.2) is 5.43 Å². The molecule has 4 nitrogen and oxygen atoms in total. The Labute approximate surface area is 156 Å². The van der Waals surface area contributed by atoms with Crippen LogP contribution in [0, 0.1) is 0 Å². The van der Waals surface area contributed by atoms with Crippen LogP contribution in [0.15, 0.2) is 64.7 Å². The molecule has 2 aromatic carbocycles. The number of nitrogens with one attached hydrogen (secondary N) is 1. The number of hydrogen-bond donors (Lipinski definition) is 1. The zero-order chi connectivity index (χ0) is 18.1. The first-order valence-electron chi connectivity index (χ1n) is 8.05. The van der Waals surface area contributed by atoms with Crippen LogP contribution in [-0.2, 0) is 17.6 Å². The van der Waals surface area contributed by atoms with Crippen molar-refractivity contribution in [2.75, 3.05) is 6.61 Å². The molecule has 0 aliphatic heterocycles. The lowest BCUT2D eigenvalue weighted by molar-refractivity contribution is -0.120. The molecular formula is C20H21BrN2O2. The van der Waals surface area contributed by atoms with Gasteiger partial charge in [-0.1, -0.05) is 59.8 Å². The third kappa shape index (κ3) is 6.19. The second kappa shape index (κ2) is 9.79. The number of nitrogens with zero attached hydrogens (tertiary/aromatic N) is 1. The Balaban J connectivity index is 1.96. The average Bonchev–Trinajstić information content (AvgIpc) is 2.61. The smallest absolute Gasteiger partial charge is 0.244 e. The maximum Gasteiger partial charge on any atom is 0.244 e. The molecule has 0 bridgehead atoms. The van der Waals surface area contributed by atoms with Gasteiger partial charge in [-0.2, -0.15) is 5.10 Å². The fraction of sp³-hybridized carbons (Fsp3) is 0.200. The van der Waals surface area contributed by atoms with Gasteiger partial charge < -0.3 is 4.74 Å². The number of hydrazone groups is 1. The van der Waals surface area contributed by atoms with Crippen molar-refractivity contribution in [3.05, 3.63) is 76.3 Å². The highest BCUT2D eigenvalue weighted by atomic mass is 79.9. The maximum atomic E-state index is 12.0. The third-order valence-electron chi connectivity index (χ3n) is 3.52. The summed E-state index contributed by atoms with van der Waals surface area (Å²) in [5.41, 5.74) is 5.53. The molecule has 0 fully saturated rings. The maximum absolute atomic E-state index is 12.0. The van der Waals surface area contributed by atoms with Crippen molar-refractivity contribution in [1.29, 1.82) is 0 Å². The summed E-state index contributed by atoms with van der Waals surface area (Å²) in [7, 11) is 0. The van der Waals surface area contributed by atoms with Gasteiger partial charge in [-0.15, -0.1) is 0 Å². The molecule has 0 unspecified atom stereocenters. The number of benzene rings is 2. The lowest BCUT2D eigenvalue weighted by Crippen LogP contribution is -2.19. The van der Waals surface area contributed by atoms with E-state index in [-0.39, 0.29) is 5.91 Å². The van der Waals surface area contributed by atoms with Gasteiger partial charge >= 0.3 is 0 Å². The van der Waals surface area contributed by atoms with Gasteiger partial charge in [0.25, 0.3) is 0 Å². The molecular weight excluding hydrogens is 380 g/mol. The van der Waals surface area contributed by atoms with Gasteiger partial charge in [0.2, 0.25) is 5.91 Å². The number of amides is 1. The number of halogens is 1. The highest BCUT2D eigenvalue weighted by Crippen LogP contribution is 2.21. The van der Waals surface area contributed by atoms with Crippen LogP contribution in [0.2, 0.25) is 0 Å². The number of hydrogen-bond acceptors (Lipinski definition) is 3. The Morgan fingerprint density at radius 2 is 1.96 bits per heavy atom. The molecule has 0 radical (unpaired) electrons. The number of carbonyl (C=O) groups excluding carboxylic acids is 1. The minimum Gasteiger partial charge on any atom is -0.489 e. The summed E-state index contributed by atoms with van der Waals surface area (Å²) in [6.45, 7) is 6.14. The van der Waals surface area contributed by atoms with Crippen LogP contribution in [0.1, 0.15) is 23.6 Å². The minimum atomic E-state index is -0.163. The molecule has 1 N–H and O–H groups in total. The zero-order valence-corrected chi connectivity index (χ0v) is 15.8. The summed E-state index contributed by atoms with van der Waals surface area (Å²) < 4.78 is 6.48. The van der Waals surface area contributed by atoms with Gasteiger partial charge in [-0.3, -0.25) is 4.79 Å². The van der Waals surface area contributed by atoms with E-state index < -0.39 is 0 Å². The lowest BCUT2D eigenvalue weighted by atomic mass is 10.1. The van der Waals surface area contributed by atoms with Crippen LogP contribution in [0.25, 0.3) is 0 Å². The molecule has 0 aliphatic carbocycles. The highest BCUT2D eigenvalue weighted by Gasteiger charge is 2.04. The summed E-state index contributed by atoms with van der Waals surface area (Å²) in [5, 5.41) is 4.03. The Morgan fingerprint density at radius 1 is 1.24 bits per heavy atom. The van der Waals surface area contributed by atoms with E-state index in [2.05, 4.69) is 40.0 Å². The largest absolute Gasteiger partial charge is 0.489 e. The van der Waals surface area contributed by atoms with Crippen molar-refractivity contribution in [2.24, 2.45) is 5.10 Å². The first-order valence-corrected chi connectivity index (χ1v) is 8.84. The van der Waals surface area contributed by atoms with E-state index in [1.54, 1.807) is 12.3 Å². The zero-order valence-electron chi connectivity index (χ0n) is 14.2. The van der Waals surface area contributed by atoms with E-state index in [9.17, 15) is 4.79 Å². The van der Waals surface area contributed by atoms with Crippen LogP contribution in [0.4, 0.5) is 0 Å². The Hall–Kier alpha value is -2.40. The van der Waals surface area contributed by atoms with Crippen LogP contribution < -0.4 is 10.2 Å². The molecule has 2 aromatic rings. The van der Waals surface area contributed by atoms with Gasteiger partial charge in [0, 0.05) is 10.0 Å². The standard InChI is InChI=1S/C20H21BrN2O2/c1-3-11-25-19-10-9-18(21)13-17(19)14-22-23-20(24)12-16-7-5-15(4-2)6-8-16/h3,5-10,13-14H,1,4,11-12H2,2H3,(H,23,24)/b22-14+. The van der Waals surface area contributed by atoms with E-state index in [4.69, 9.17) is 4.74 Å². The quantitative estimate of drug-likeness (QED) is 0.408. The number of ether oxygens (including phenoxy) is 1. The van der Waals surface area contributed by atoms with E-state index in [1.165, 1.54) is 5.56 Å². The van der Waals surface area contributed by atoms with Crippen LogP contribution >= 0.6 is 15.9 Å². The van der Waals surface area contributed by atoms with Gasteiger partial charge in [0.05, 0.1) is 12.6 Å². The predicted molar refractivity (Wildman–Crippen MR) is 105 cm³/mol. The molecule has 130 valence electrons. The second-order valence-corrected chi connectivity index (χ2v) is 6.34. The molecule has 0 aliphatic rings. The molecule has 2 rings (SSSR count). The minimum absolute atomic E-state index is 0.163. The van der Waals surface area contributed by atoms with E-state index in [0.717, 1.165) is 22.0 Å². The molecule has 5 heteroatoms. The molecule has 0 saturated heterocycles. The van der Waals surface area contributed by atoms with Gasteiger partial charge in [0.1, 0.15) is 12.4 Å². The van der Waals surface area contributed by atoms with E-state index >= 15 is 0 Å². The first kappa shape index (κ1) is 18.9. The number of carbonyl (C=O) groups is 1. The summed E-state index contributed by atoms with van der Waals surface area (Å²) in [6, 6.07) is 13.6. The van der Waals surface area contributed by atoms with E-state index in [0.29, 0.717) is 18.8 Å². The number of aryl methyl sites for hydroxylation is 1. The molecule has 0 aromatic heterocycles. The van der Waals surface area contributed by atoms with Crippen LogP contribution in [0.5, 0.6) is 5.75 Å². The third-order valence-corrected chi connectivity index (χ3v) is 4.01. The van der Waals surface area contributed by atoms with Gasteiger partial charge in [0.15, 0.2) is 0 Å². The Kier molecular flexibility index (Phi) is 7.41. The van der Waals surface area contributed by atoms with Crippen molar-refractivity contribution >= 4 is 28.1 Å². The normalized spacial score (nSPS) is 10.6. The highest BCUT2D eigenvalue weighted by molar-refractivity contribution is 9.10. The fourth-order valence-corrected chi connectivity index (χ4v) is 2.57. The van der Waals surface area contributed by atoms with Crippen molar-refractivity contribution < 1.29 is 9.53 Å². The SMILES string of the molecule is C=CCOc1ccc(Br)cc1/C=N/NC(=O)Cc1ccc(CC)cc1. The topological polar surface area (TPSA) is 50.7 Å². The first-order chi connectivity index (χ1) is 12.1. The fourth-order valence-electron chi connectivity index (χ4n) is 2.19. The van der Waals surface area contributed by atoms with E-state index in [1.807, 2.05) is 42.5 Å². The second-order valence-electron chi connectivity index (χ2n) is 5.42. The van der Waals surface area contributed by atoms with Crippen molar-refractivity contribution in [3.8, 4) is 5.75 Å². The summed E-state index contributed by atoms with van der Waals surface area (Å²) in [6.07, 6.45) is 4.52. The Bertz CT molecular complexity index is 755. The summed E-state index contributed by atoms with van der Waals surface area (Å²) in [5.74, 6) is 0.514. The molecule has 0 saturated carbocycles. The predicted octanol–water partition coefficient (Wildman–Crippen LogP) is 4.27. The lowest BCUT2D eigenvalue weighted by Gasteiger charge is -2.07. The molecule has 25 heavy (non-hydrogen) atoms. The van der Waals surface area contributed by atoms with Crippen LogP contribution in [0.3, 0.4) is 0 Å². The molecule has 0 heterocycles. The van der Waals surface area contributed by atoms with Crippen LogP contribution in [-0.4, -0.2) is 18.7 Å². The molecule has 1 amide bonds. The number of rotatable bonds is 8. The van der Waals surface area contributed by atoms with Crippen molar-refractivity contribution in [3.63, 3.8) is 0 Å². The van der Waals surface area contributed by atoms with Gasteiger partial charge in [-0.05, 0) is 35.7 Å². The summed E-state index contributed by atoms with van der Waals surface area (Å²) in [4.78, 5) is 12.0. The molecule has 0 atom stereocenters. The summed E-state index contributed by atoms with van der Waals surface area (Å²) >= 11 is 3.42. The molecule has 0 spiro atoms. The average molecular weight is 401 g/mol. The van der Waals surface area contributed by atoms with Crippen molar-refractivity contribution in [1.82, 2.24) is 5.43 Å². The Morgan fingerprint density at radius 3 is 2.64 bits per heavy atom. The monoisotopic (exact) mass is 400 g/mol.